The number of methoxy groups -OCH3 is 1. The van der Waals surface area contributed by atoms with E-state index in [1.807, 2.05) is 6.07 Å². The summed E-state index contributed by atoms with van der Waals surface area (Å²) in [5, 5.41) is 5.72. The number of alkyl halides is 3. The van der Waals surface area contributed by atoms with Crippen molar-refractivity contribution in [1.29, 1.82) is 0 Å². The van der Waals surface area contributed by atoms with Gasteiger partial charge in [0, 0.05) is 23.9 Å². The minimum atomic E-state index is -4.63. The van der Waals surface area contributed by atoms with E-state index < -0.39 is 11.7 Å². The largest absolute Gasteiger partial charge is 0.495 e. The van der Waals surface area contributed by atoms with Gasteiger partial charge < -0.3 is 20.3 Å². The molecule has 3 heterocycles. The zero-order valence-electron chi connectivity index (χ0n) is 23.0. The van der Waals surface area contributed by atoms with E-state index in [-0.39, 0.29) is 42.6 Å². The van der Waals surface area contributed by atoms with Gasteiger partial charge in [-0.1, -0.05) is 12.1 Å². The molecule has 41 heavy (non-hydrogen) atoms. The van der Waals surface area contributed by atoms with Crippen molar-refractivity contribution >= 4 is 29.0 Å². The molecule has 8 nitrogen and oxygen atoms in total. The van der Waals surface area contributed by atoms with Gasteiger partial charge in [0.05, 0.1) is 30.5 Å². The number of piperidine rings is 1. The van der Waals surface area contributed by atoms with E-state index in [0.717, 1.165) is 43.3 Å². The first kappa shape index (κ1) is 28.5. The third-order valence-electron chi connectivity index (χ3n) is 7.77. The first-order chi connectivity index (χ1) is 19.6. The maximum Gasteiger partial charge on any atom is 0.419 e. The number of hydrogen-bond acceptors (Lipinski definition) is 7. The van der Waals surface area contributed by atoms with Crippen LogP contribution in [0.1, 0.15) is 52.0 Å². The Bertz CT molecular complexity index is 1450. The monoisotopic (exact) mass is 567 g/mol. The van der Waals surface area contributed by atoms with Crippen molar-refractivity contribution in [3.05, 3.63) is 70.5 Å². The molecule has 0 aliphatic carbocycles. The Morgan fingerprint density at radius 1 is 1.17 bits per heavy atom. The van der Waals surface area contributed by atoms with Crippen molar-refractivity contribution in [3.8, 4) is 5.75 Å². The number of ketones is 1. The SMILES string of the molecule is COc1cc(C(=O)CC2CCN(C)CC2)ccc1Nc1ncc(C(F)(F)F)c(CCc2cccc3c2CC(=O)N3)n1. The van der Waals surface area contributed by atoms with Gasteiger partial charge in [-0.25, -0.2) is 9.97 Å². The molecule has 1 saturated heterocycles. The van der Waals surface area contributed by atoms with E-state index in [1.165, 1.54) is 7.11 Å². The van der Waals surface area contributed by atoms with Gasteiger partial charge in [-0.3, -0.25) is 9.59 Å². The summed E-state index contributed by atoms with van der Waals surface area (Å²) in [5.74, 6) is 0.575. The quantitative estimate of drug-likeness (QED) is 0.333. The van der Waals surface area contributed by atoms with Gasteiger partial charge in [0.1, 0.15) is 5.75 Å². The van der Waals surface area contributed by atoms with Crippen LogP contribution < -0.4 is 15.4 Å². The number of carbonyl (C=O) groups is 2. The Morgan fingerprint density at radius 3 is 2.68 bits per heavy atom. The maximum atomic E-state index is 13.8. The van der Waals surface area contributed by atoms with E-state index in [0.29, 0.717) is 35.0 Å². The Hall–Kier alpha value is -3.99. The van der Waals surface area contributed by atoms with Crippen molar-refractivity contribution in [2.45, 2.75) is 44.7 Å². The second-order valence-corrected chi connectivity index (χ2v) is 10.6. The number of nitrogens with one attached hydrogen (secondary N) is 2. The predicted octanol–water partition coefficient (Wildman–Crippen LogP) is 5.44. The molecule has 2 N–H and O–H groups in total. The minimum Gasteiger partial charge on any atom is -0.495 e. The van der Waals surface area contributed by atoms with Crippen LogP contribution in [-0.2, 0) is 30.2 Å². The summed E-state index contributed by atoms with van der Waals surface area (Å²) in [6, 6.07) is 10.3. The standard InChI is InChI=1S/C30H32F3N5O3/c1-38-12-10-18(11-13-38)14-26(39)20-7-9-25(27(15-20)41-2)37-29-34-17-22(30(31,32)33)24(36-29)8-6-19-4-3-5-23-21(19)16-28(40)35-23/h3-5,7,9,15,17-18H,6,8,10-14,16H2,1-2H3,(H,35,40)(H,34,36,37). The van der Waals surface area contributed by atoms with Gasteiger partial charge in [-0.05, 0) is 87.1 Å². The Balaban J connectivity index is 1.33. The molecule has 216 valence electrons. The number of likely N-dealkylation sites (tertiary alicyclic amines) is 1. The number of fused-ring (bicyclic) bond motifs is 1. The zero-order chi connectivity index (χ0) is 29.1. The minimum absolute atomic E-state index is 0.00177. The fourth-order valence-corrected chi connectivity index (χ4v) is 5.44. The smallest absolute Gasteiger partial charge is 0.419 e. The van der Waals surface area contributed by atoms with Crippen LogP contribution in [0.25, 0.3) is 0 Å². The number of rotatable bonds is 9. The lowest BCUT2D eigenvalue weighted by Crippen LogP contribution is -2.31. The molecule has 0 spiro atoms. The average molecular weight is 568 g/mol. The molecule has 0 unspecified atom stereocenters. The van der Waals surface area contributed by atoms with Gasteiger partial charge in [-0.2, -0.15) is 13.2 Å². The fourth-order valence-electron chi connectivity index (χ4n) is 5.44. The van der Waals surface area contributed by atoms with Crippen LogP contribution in [0.2, 0.25) is 0 Å². The summed E-state index contributed by atoms with van der Waals surface area (Å²) in [6.45, 7) is 1.95. The topological polar surface area (TPSA) is 96.5 Å². The van der Waals surface area contributed by atoms with Crippen molar-refractivity contribution in [1.82, 2.24) is 14.9 Å². The highest BCUT2D eigenvalue weighted by Crippen LogP contribution is 2.34. The highest BCUT2D eigenvalue weighted by molar-refractivity contribution is 5.99. The number of anilines is 3. The van der Waals surface area contributed by atoms with E-state index in [2.05, 4.69) is 32.5 Å². The molecule has 1 amide bonds. The van der Waals surface area contributed by atoms with E-state index in [1.54, 1.807) is 30.3 Å². The number of Topliss-reactive ketones (excluding diaryl/α,β-unsaturated/α-hetero) is 1. The van der Waals surface area contributed by atoms with Crippen LogP contribution in [-0.4, -0.2) is 53.8 Å². The molecule has 0 radical (unpaired) electrons. The van der Waals surface area contributed by atoms with Crippen LogP contribution in [0, 0.1) is 5.92 Å². The number of amides is 1. The lowest BCUT2D eigenvalue weighted by Gasteiger charge is -2.28. The number of benzene rings is 2. The van der Waals surface area contributed by atoms with Crippen LogP contribution >= 0.6 is 0 Å². The summed E-state index contributed by atoms with van der Waals surface area (Å²) >= 11 is 0. The molecule has 2 aliphatic rings. The number of aryl methyl sites for hydroxylation is 2. The molecule has 11 heteroatoms. The molecule has 0 bridgehead atoms. The molecular formula is C30H32F3N5O3. The Morgan fingerprint density at radius 2 is 1.95 bits per heavy atom. The average Bonchev–Trinajstić information content (AvgIpc) is 3.33. The fraction of sp³-hybridized carbons (Fsp3) is 0.400. The van der Waals surface area contributed by atoms with Crippen molar-refractivity contribution < 1.29 is 27.5 Å². The lowest BCUT2D eigenvalue weighted by molar-refractivity contribution is -0.138. The summed E-state index contributed by atoms with van der Waals surface area (Å²) in [5.41, 5.74) is 2.16. The van der Waals surface area contributed by atoms with Gasteiger partial charge in [-0.15, -0.1) is 0 Å². The van der Waals surface area contributed by atoms with Crippen molar-refractivity contribution in [3.63, 3.8) is 0 Å². The lowest BCUT2D eigenvalue weighted by atomic mass is 9.90. The number of halogens is 3. The summed E-state index contributed by atoms with van der Waals surface area (Å²) in [4.78, 5) is 35.2. The molecule has 5 rings (SSSR count). The van der Waals surface area contributed by atoms with Gasteiger partial charge in [0.25, 0.3) is 0 Å². The highest BCUT2D eigenvalue weighted by Gasteiger charge is 2.35. The number of carbonyl (C=O) groups excluding carboxylic acids is 2. The maximum absolute atomic E-state index is 13.8. The third kappa shape index (κ3) is 6.67. The van der Waals surface area contributed by atoms with Crippen LogP contribution in [0.5, 0.6) is 5.75 Å². The highest BCUT2D eigenvalue weighted by atomic mass is 19.4. The molecule has 0 atom stereocenters. The summed E-state index contributed by atoms with van der Waals surface area (Å²) < 4.78 is 46.9. The number of hydrogen-bond donors (Lipinski definition) is 2. The van der Waals surface area contributed by atoms with Crippen molar-refractivity contribution in [2.24, 2.45) is 5.92 Å². The zero-order valence-corrected chi connectivity index (χ0v) is 23.0. The molecule has 2 aromatic carbocycles. The molecular weight excluding hydrogens is 535 g/mol. The van der Waals surface area contributed by atoms with Gasteiger partial charge >= 0.3 is 6.18 Å². The second-order valence-electron chi connectivity index (χ2n) is 10.6. The summed E-state index contributed by atoms with van der Waals surface area (Å²) in [7, 11) is 3.54. The number of ether oxygens (including phenoxy) is 1. The molecule has 0 saturated carbocycles. The molecule has 2 aliphatic heterocycles. The Labute approximate surface area is 236 Å². The second kappa shape index (κ2) is 11.9. The first-order valence-electron chi connectivity index (χ1n) is 13.6. The van der Waals surface area contributed by atoms with Crippen molar-refractivity contribution in [2.75, 3.05) is 37.9 Å². The number of nitrogens with zero attached hydrogens (tertiary/aromatic N) is 3. The molecule has 1 aromatic heterocycles. The normalized spacial score (nSPS) is 15.9. The van der Waals surface area contributed by atoms with E-state index >= 15 is 0 Å². The van der Waals surface area contributed by atoms with E-state index in [9.17, 15) is 22.8 Å². The van der Waals surface area contributed by atoms with Gasteiger partial charge in [0.2, 0.25) is 11.9 Å². The number of aromatic nitrogens is 2. The van der Waals surface area contributed by atoms with Gasteiger partial charge in [0.15, 0.2) is 5.78 Å². The Kier molecular flexibility index (Phi) is 8.25. The predicted molar refractivity (Wildman–Crippen MR) is 149 cm³/mol. The first-order valence-corrected chi connectivity index (χ1v) is 13.6. The summed E-state index contributed by atoms with van der Waals surface area (Å²) in [6.07, 6.45) is -0.959. The third-order valence-corrected chi connectivity index (χ3v) is 7.77. The van der Waals surface area contributed by atoms with Crippen LogP contribution in [0.4, 0.5) is 30.5 Å². The molecule has 1 fully saturated rings. The van der Waals surface area contributed by atoms with Crippen LogP contribution in [0.3, 0.4) is 0 Å². The van der Waals surface area contributed by atoms with E-state index in [4.69, 9.17) is 4.74 Å². The van der Waals surface area contributed by atoms with Crippen LogP contribution in [0.15, 0.2) is 42.6 Å². The molecule has 3 aromatic rings.